The number of amides is 1. The summed E-state index contributed by atoms with van der Waals surface area (Å²) >= 11 is 11.7. The highest BCUT2D eigenvalue weighted by atomic mass is 35.5. The van der Waals surface area contributed by atoms with Gasteiger partial charge in [-0.3, -0.25) is 9.48 Å². The van der Waals surface area contributed by atoms with Crippen molar-refractivity contribution >= 4 is 34.8 Å². The Balaban J connectivity index is 1.33. The second-order valence-electron chi connectivity index (χ2n) is 6.60. The van der Waals surface area contributed by atoms with Crippen molar-refractivity contribution in [3.63, 3.8) is 0 Å². The van der Waals surface area contributed by atoms with Crippen LogP contribution in [-0.4, -0.2) is 25.5 Å². The molecule has 0 radical (unpaired) electrons. The minimum atomic E-state index is -0.525. The fraction of sp³-hybridized carbons (Fsp3) is 0.0952. The number of aromatic nitrogens is 4. The van der Waals surface area contributed by atoms with Crippen LogP contribution in [0, 0.1) is 5.82 Å². The molecule has 2 heterocycles. The molecule has 2 aromatic carbocycles. The number of ether oxygens (including phenoxy) is 1. The maximum absolute atomic E-state index is 13.2. The van der Waals surface area contributed by atoms with Crippen molar-refractivity contribution in [2.24, 2.45) is 0 Å². The smallest absolute Gasteiger partial charge is 0.276 e. The maximum atomic E-state index is 13.2. The van der Waals surface area contributed by atoms with Crippen molar-refractivity contribution < 1.29 is 13.9 Å². The third-order valence-electron chi connectivity index (χ3n) is 4.25. The number of hydrogen-bond donors (Lipinski definition) is 1. The number of benzene rings is 2. The van der Waals surface area contributed by atoms with Gasteiger partial charge in [0.15, 0.2) is 12.4 Å². The number of nitrogens with one attached hydrogen (secondary N) is 1. The van der Waals surface area contributed by atoms with Gasteiger partial charge in [-0.05, 0) is 35.9 Å². The van der Waals surface area contributed by atoms with E-state index < -0.39 is 5.82 Å². The van der Waals surface area contributed by atoms with Crippen LogP contribution in [0.25, 0.3) is 0 Å². The fourth-order valence-electron chi connectivity index (χ4n) is 2.79. The van der Waals surface area contributed by atoms with E-state index in [1.807, 2.05) is 18.2 Å². The Morgan fingerprint density at radius 1 is 1.13 bits per heavy atom. The Labute approximate surface area is 187 Å². The summed E-state index contributed by atoms with van der Waals surface area (Å²) in [7, 11) is 0. The largest absolute Gasteiger partial charge is 0.471 e. The normalized spacial score (nSPS) is 10.8. The number of hydrogen-bond acceptors (Lipinski definition) is 4. The van der Waals surface area contributed by atoms with Crippen molar-refractivity contribution in [3.05, 3.63) is 94.2 Å². The van der Waals surface area contributed by atoms with Gasteiger partial charge in [-0.1, -0.05) is 35.3 Å². The van der Waals surface area contributed by atoms with E-state index in [0.29, 0.717) is 23.0 Å². The van der Waals surface area contributed by atoms with Crippen LogP contribution < -0.4 is 10.1 Å². The van der Waals surface area contributed by atoms with Gasteiger partial charge in [0.05, 0.1) is 23.5 Å². The van der Waals surface area contributed by atoms with Gasteiger partial charge in [-0.15, -0.1) is 0 Å². The van der Waals surface area contributed by atoms with E-state index in [1.165, 1.54) is 22.9 Å². The summed E-state index contributed by atoms with van der Waals surface area (Å²) in [4.78, 5) is 12.5. The molecule has 0 unspecified atom stereocenters. The third kappa shape index (κ3) is 5.42. The molecule has 0 bridgehead atoms. The van der Waals surface area contributed by atoms with E-state index in [-0.39, 0.29) is 23.4 Å². The van der Waals surface area contributed by atoms with Crippen LogP contribution in [0.4, 0.5) is 10.1 Å². The van der Waals surface area contributed by atoms with E-state index in [2.05, 4.69) is 15.5 Å². The molecule has 0 fully saturated rings. The molecular weight excluding hydrogens is 444 g/mol. The molecule has 4 rings (SSSR count). The molecule has 158 valence electrons. The van der Waals surface area contributed by atoms with Gasteiger partial charge in [0.25, 0.3) is 5.91 Å². The first kappa shape index (κ1) is 20.9. The first-order valence-electron chi connectivity index (χ1n) is 9.16. The summed E-state index contributed by atoms with van der Waals surface area (Å²) in [5.74, 6) is -0.520. The lowest BCUT2D eigenvalue weighted by atomic mass is 10.2. The Hall–Kier alpha value is -3.36. The number of anilines is 1. The highest BCUT2D eigenvalue weighted by molar-refractivity contribution is 6.31. The van der Waals surface area contributed by atoms with Crippen LogP contribution in [0.5, 0.6) is 5.75 Å². The monoisotopic (exact) mass is 459 g/mol. The zero-order valence-electron chi connectivity index (χ0n) is 16.0. The minimum Gasteiger partial charge on any atom is -0.471 e. The zero-order valence-corrected chi connectivity index (χ0v) is 17.5. The highest BCUT2D eigenvalue weighted by Gasteiger charge is 2.12. The lowest BCUT2D eigenvalue weighted by Crippen LogP contribution is -2.14. The molecule has 7 nitrogen and oxygen atoms in total. The third-order valence-corrected chi connectivity index (χ3v) is 4.78. The number of nitrogens with zero attached hydrogens (tertiary/aromatic N) is 4. The Morgan fingerprint density at radius 2 is 2.00 bits per heavy atom. The predicted molar refractivity (Wildman–Crippen MR) is 115 cm³/mol. The highest BCUT2D eigenvalue weighted by Crippen LogP contribution is 2.21. The quantitative estimate of drug-likeness (QED) is 0.428. The SMILES string of the molecule is O=C(Nc1cnn(Cc2cccc(Cl)c2)c1)c1ccn(COc2ccc(F)c(Cl)c2)n1. The molecule has 1 amide bonds. The average molecular weight is 460 g/mol. The minimum absolute atomic E-state index is 0.0334. The topological polar surface area (TPSA) is 74.0 Å². The van der Waals surface area contributed by atoms with E-state index in [4.69, 9.17) is 27.9 Å². The first-order chi connectivity index (χ1) is 15.0. The first-order valence-corrected chi connectivity index (χ1v) is 9.91. The van der Waals surface area contributed by atoms with Crippen LogP contribution in [0.2, 0.25) is 10.0 Å². The molecule has 0 spiro atoms. The molecule has 0 aliphatic heterocycles. The number of carbonyl (C=O) groups excluding carboxylic acids is 1. The summed E-state index contributed by atoms with van der Waals surface area (Å²) < 4.78 is 21.8. The maximum Gasteiger partial charge on any atom is 0.276 e. The predicted octanol–water partition coefficient (Wildman–Crippen LogP) is 4.86. The molecule has 2 aromatic heterocycles. The van der Waals surface area contributed by atoms with Crippen molar-refractivity contribution in [1.29, 1.82) is 0 Å². The summed E-state index contributed by atoms with van der Waals surface area (Å²) in [6.45, 7) is 0.558. The number of carbonyl (C=O) groups is 1. The van der Waals surface area contributed by atoms with Gasteiger partial charge >= 0.3 is 0 Å². The summed E-state index contributed by atoms with van der Waals surface area (Å²) in [6, 6.07) is 13.1. The molecule has 4 aromatic rings. The second-order valence-corrected chi connectivity index (χ2v) is 7.44. The molecule has 0 atom stereocenters. The van der Waals surface area contributed by atoms with Gasteiger partial charge < -0.3 is 10.1 Å². The molecule has 1 N–H and O–H groups in total. The molecule has 31 heavy (non-hydrogen) atoms. The van der Waals surface area contributed by atoms with Crippen LogP contribution in [-0.2, 0) is 13.3 Å². The lowest BCUT2D eigenvalue weighted by molar-refractivity contribution is 0.102. The molecular formula is C21H16Cl2FN5O2. The lowest BCUT2D eigenvalue weighted by Gasteiger charge is -2.06. The van der Waals surface area contributed by atoms with Gasteiger partial charge in [0.1, 0.15) is 11.6 Å². The van der Waals surface area contributed by atoms with Gasteiger partial charge in [0.2, 0.25) is 0 Å². The van der Waals surface area contributed by atoms with E-state index >= 15 is 0 Å². The van der Waals surface area contributed by atoms with Crippen molar-refractivity contribution in [2.75, 3.05) is 5.32 Å². The number of rotatable bonds is 7. The summed E-state index contributed by atoms with van der Waals surface area (Å²) in [6.07, 6.45) is 4.88. The molecule has 0 saturated carbocycles. The second kappa shape index (κ2) is 9.20. The van der Waals surface area contributed by atoms with E-state index in [1.54, 1.807) is 35.4 Å². The van der Waals surface area contributed by atoms with Crippen LogP contribution in [0.1, 0.15) is 16.1 Å². The van der Waals surface area contributed by atoms with Gasteiger partial charge in [-0.2, -0.15) is 10.2 Å². The summed E-state index contributed by atoms with van der Waals surface area (Å²) in [5.41, 5.74) is 1.75. The molecule has 10 heteroatoms. The summed E-state index contributed by atoms with van der Waals surface area (Å²) in [5, 5.41) is 11.8. The van der Waals surface area contributed by atoms with Crippen molar-refractivity contribution in [3.8, 4) is 5.75 Å². The number of halogens is 3. The van der Waals surface area contributed by atoms with E-state index in [9.17, 15) is 9.18 Å². The van der Waals surface area contributed by atoms with E-state index in [0.717, 1.165) is 5.56 Å². The van der Waals surface area contributed by atoms with Gasteiger partial charge in [-0.25, -0.2) is 9.07 Å². The zero-order chi connectivity index (χ0) is 21.8. The Bertz CT molecular complexity index is 1220. The Kier molecular flexibility index (Phi) is 6.20. The molecule has 0 aliphatic rings. The molecule has 0 saturated heterocycles. The standard InChI is InChI=1S/C21H16Cl2FN5O2/c22-15-3-1-2-14(8-15)11-29-12-16(10-25-29)26-21(30)20-6-7-28(27-20)13-31-17-4-5-19(24)18(23)9-17/h1-10,12H,11,13H2,(H,26,30). The van der Waals surface area contributed by atoms with Crippen LogP contribution >= 0.6 is 23.2 Å². The van der Waals surface area contributed by atoms with Crippen molar-refractivity contribution in [2.45, 2.75) is 13.3 Å². The van der Waals surface area contributed by atoms with Crippen molar-refractivity contribution in [1.82, 2.24) is 19.6 Å². The average Bonchev–Trinajstić information content (AvgIpc) is 3.38. The van der Waals surface area contributed by atoms with Crippen LogP contribution in [0.15, 0.2) is 67.1 Å². The molecule has 0 aliphatic carbocycles. The van der Waals surface area contributed by atoms with Crippen LogP contribution in [0.3, 0.4) is 0 Å². The fourth-order valence-corrected chi connectivity index (χ4v) is 3.18. The Morgan fingerprint density at radius 3 is 2.81 bits per heavy atom. The van der Waals surface area contributed by atoms with Gasteiger partial charge in [0, 0.05) is 23.5 Å².